The summed E-state index contributed by atoms with van der Waals surface area (Å²) in [7, 11) is 0. The van der Waals surface area contributed by atoms with E-state index in [4.69, 9.17) is 5.11 Å². The molecule has 0 saturated heterocycles. The van der Waals surface area contributed by atoms with Crippen LogP contribution in [-0.2, 0) is 0 Å². The molecule has 2 amide bonds. The Morgan fingerprint density at radius 2 is 1.86 bits per heavy atom. The van der Waals surface area contributed by atoms with Crippen LogP contribution in [0.1, 0.15) is 23.2 Å². The van der Waals surface area contributed by atoms with E-state index in [9.17, 15) is 27.9 Å². The van der Waals surface area contributed by atoms with E-state index in [-0.39, 0.29) is 18.5 Å². The highest BCUT2D eigenvalue weighted by Gasteiger charge is 2.64. The van der Waals surface area contributed by atoms with Crippen LogP contribution in [0.3, 0.4) is 0 Å². The van der Waals surface area contributed by atoms with Crippen LogP contribution in [-0.4, -0.2) is 33.9 Å². The van der Waals surface area contributed by atoms with Crippen LogP contribution in [0.15, 0.2) is 18.2 Å². The van der Waals surface area contributed by atoms with Gasteiger partial charge < -0.3 is 20.8 Å². The Morgan fingerprint density at radius 3 is 2.33 bits per heavy atom. The van der Waals surface area contributed by atoms with Gasteiger partial charge >= 0.3 is 18.2 Å². The molecule has 1 aromatic rings. The number of urea groups is 1. The van der Waals surface area contributed by atoms with Gasteiger partial charge in [-0.05, 0) is 25.0 Å². The summed E-state index contributed by atoms with van der Waals surface area (Å²) < 4.78 is 38.0. The third-order valence-corrected chi connectivity index (χ3v) is 3.16. The van der Waals surface area contributed by atoms with Crippen LogP contribution in [0.5, 0.6) is 5.75 Å². The van der Waals surface area contributed by atoms with Gasteiger partial charge in [-0.3, -0.25) is 0 Å². The van der Waals surface area contributed by atoms with E-state index in [2.05, 4.69) is 0 Å². The highest BCUT2D eigenvalue weighted by Crippen LogP contribution is 2.48. The lowest BCUT2D eigenvalue weighted by Crippen LogP contribution is -2.49. The number of carboxylic acid groups (broad SMARTS) is 1. The summed E-state index contributed by atoms with van der Waals surface area (Å²) in [6.07, 6.45) is -4.99. The predicted octanol–water partition coefficient (Wildman–Crippen LogP) is 2.31. The molecule has 1 aliphatic carbocycles. The molecule has 0 heterocycles. The summed E-state index contributed by atoms with van der Waals surface area (Å²) in [5.41, 5.74) is -2.99. The number of hydrogen-bond donors (Lipinski definition) is 4. The minimum atomic E-state index is -4.56. The Hall–Kier alpha value is -2.45. The zero-order valence-electron chi connectivity index (χ0n) is 10.5. The fraction of sp³-hybridized carbons (Fsp3) is 0.333. The van der Waals surface area contributed by atoms with Gasteiger partial charge in [0.15, 0.2) is 5.75 Å². The molecule has 1 aromatic carbocycles. The number of benzene rings is 1. The van der Waals surface area contributed by atoms with Crippen molar-refractivity contribution in [3.8, 4) is 5.75 Å². The molecule has 1 fully saturated rings. The molecule has 4 N–H and O–H groups in total. The van der Waals surface area contributed by atoms with Crippen molar-refractivity contribution >= 4 is 17.7 Å². The van der Waals surface area contributed by atoms with Gasteiger partial charge in [-0.1, -0.05) is 6.07 Å². The molecule has 0 bridgehead atoms. The maximum Gasteiger partial charge on any atom is 0.411 e. The molecular weight excluding hydrogens is 293 g/mol. The number of halogens is 3. The zero-order chi connectivity index (χ0) is 15.8. The van der Waals surface area contributed by atoms with Gasteiger partial charge in [-0.25, -0.2) is 9.59 Å². The molecule has 0 radical (unpaired) electrons. The van der Waals surface area contributed by atoms with Crippen molar-refractivity contribution in [3.05, 3.63) is 23.8 Å². The summed E-state index contributed by atoms with van der Waals surface area (Å²) >= 11 is 0. The molecule has 2 rings (SSSR count). The minimum Gasteiger partial charge on any atom is -0.505 e. The smallest absolute Gasteiger partial charge is 0.411 e. The van der Waals surface area contributed by atoms with Gasteiger partial charge in [-0.15, -0.1) is 0 Å². The van der Waals surface area contributed by atoms with Gasteiger partial charge in [0.1, 0.15) is 11.1 Å². The standard InChI is InChI=1S/C12H11F3N2O4/c13-12(14,15)11(4-5-11)17-10(21)16-7-3-1-2-6(8(7)18)9(19)20/h1-3,18H,4-5H2,(H,19,20)(H2,16,17,21). The molecule has 114 valence electrons. The van der Waals surface area contributed by atoms with Crippen LogP contribution in [0.2, 0.25) is 0 Å². The maximum absolute atomic E-state index is 12.7. The number of hydrogen-bond acceptors (Lipinski definition) is 3. The second-order valence-corrected chi connectivity index (χ2v) is 4.67. The van der Waals surface area contributed by atoms with Crippen LogP contribution in [0.4, 0.5) is 23.7 Å². The van der Waals surface area contributed by atoms with E-state index in [0.717, 1.165) is 6.07 Å². The first kappa shape index (κ1) is 14.9. The van der Waals surface area contributed by atoms with E-state index in [1.807, 2.05) is 5.32 Å². The lowest BCUT2D eigenvalue weighted by atomic mass is 10.1. The fourth-order valence-corrected chi connectivity index (χ4v) is 1.79. The number of anilines is 1. The van der Waals surface area contributed by atoms with E-state index in [0.29, 0.717) is 0 Å². The largest absolute Gasteiger partial charge is 0.505 e. The van der Waals surface area contributed by atoms with Crippen molar-refractivity contribution in [2.24, 2.45) is 0 Å². The molecule has 0 spiro atoms. The number of alkyl halides is 3. The number of rotatable bonds is 3. The number of aromatic hydroxyl groups is 1. The molecule has 0 atom stereocenters. The number of phenols is 1. The summed E-state index contributed by atoms with van der Waals surface area (Å²) in [6.45, 7) is 0. The Morgan fingerprint density at radius 1 is 1.24 bits per heavy atom. The zero-order valence-corrected chi connectivity index (χ0v) is 10.5. The molecule has 0 aliphatic heterocycles. The third-order valence-electron chi connectivity index (χ3n) is 3.16. The number of nitrogens with one attached hydrogen (secondary N) is 2. The number of aromatic carboxylic acids is 1. The molecular formula is C12H11F3N2O4. The van der Waals surface area contributed by atoms with Gasteiger partial charge in [0.05, 0.1) is 5.69 Å². The topological polar surface area (TPSA) is 98.7 Å². The van der Waals surface area contributed by atoms with E-state index >= 15 is 0 Å². The van der Waals surface area contributed by atoms with Gasteiger partial charge in [0.25, 0.3) is 0 Å². The number of carbonyl (C=O) groups excluding carboxylic acids is 1. The van der Waals surface area contributed by atoms with Gasteiger partial charge in [0, 0.05) is 0 Å². The average Bonchev–Trinajstić information content (AvgIpc) is 3.11. The van der Waals surface area contributed by atoms with E-state index in [1.54, 1.807) is 5.32 Å². The lowest BCUT2D eigenvalue weighted by Gasteiger charge is -2.21. The Balaban J connectivity index is 2.11. The van der Waals surface area contributed by atoms with Crippen molar-refractivity contribution in [3.63, 3.8) is 0 Å². The first-order chi connectivity index (χ1) is 9.66. The summed E-state index contributed by atoms with van der Waals surface area (Å²) in [4.78, 5) is 22.4. The lowest BCUT2D eigenvalue weighted by molar-refractivity contribution is -0.162. The van der Waals surface area contributed by atoms with Crippen molar-refractivity contribution in [1.82, 2.24) is 5.32 Å². The van der Waals surface area contributed by atoms with Crippen LogP contribution < -0.4 is 10.6 Å². The van der Waals surface area contributed by atoms with Crippen molar-refractivity contribution < 1.29 is 33.0 Å². The highest BCUT2D eigenvalue weighted by molar-refractivity contribution is 5.97. The Labute approximate surface area is 116 Å². The van der Waals surface area contributed by atoms with Crippen LogP contribution >= 0.6 is 0 Å². The van der Waals surface area contributed by atoms with Gasteiger partial charge in [-0.2, -0.15) is 13.2 Å². The molecule has 1 aliphatic rings. The normalized spacial score (nSPS) is 16.1. The molecule has 6 nitrogen and oxygen atoms in total. The van der Waals surface area contributed by atoms with Crippen LogP contribution in [0, 0.1) is 0 Å². The highest BCUT2D eigenvalue weighted by atomic mass is 19.4. The SMILES string of the molecule is O=C(Nc1cccc(C(=O)O)c1O)NC1(C(F)(F)F)CC1. The Bertz CT molecular complexity index is 597. The van der Waals surface area contributed by atoms with Crippen molar-refractivity contribution in [1.29, 1.82) is 0 Å². The van der Waals surface area contributed by atoms with Crippen molar-refractivity contribution in [2.75, 3.05) is 5.32 Å². The molecule has 1 saturated carbocycles. The second-order valence-electron chi connectivity index (χ2n) is 4.67. The monoisotopic (exact) mass is 304 g/mol. The van der Waals surface area contributed by atoms with Crippen LogP contribution in [0.25, 0.3) is 0 Å². The van der Waals surface area contributed by atoms with Crippen molar-refractivity contribution in [2.45, 2.75) is 24.6 Å². The predicted molar refractivity (Wildman–Crippen MR) is 65.2 cm³/mol. The molecule has 21 heavy (non-hydrogen) atoms. The van der Waals surface area contributed by atoms with E-state index in [1.165, 1.54) is 12.1 Å². The molecule has 0 unspecified atom stereocenters. The molecule has 9 heteroatoms. The maximum atomic E-state index is 12.7. The third kappa shape index (κ3) is 2.86. The number of carboxylic acids is 1. The molecule has 0 aromatic heterocycles. The minimum absolute atomic E-state index is 0.217. The fourth-order valence-electron chi connectivity index (χ4n) is 1.79. The summed E-state index contributed by atoms with van der Waals surface area (Å²) in [6, 6.07) is 2.35. The van der Waals surface area contributed by atoms with E-state index < -0.39 is 35.0 Å². The first-order valence-corrected chi connectivity index (χ1v) is 5.87. The average molecular weight is 304 g/mol. The summed E-state index contributed by atoms with van der Waals surface area (Å²) in [5, 5.41) is 22.2. The second kappa shape index (κ2) is 4.83. The number of para-hydroxylation sites is 1. The number of amides is 2. The Kier molecular flexibility index (Phi) is 3.44. The number of carbonyl (C=O) groups is 2. The quantitative estimate of drug-likeness (QED) is 0.644. The van der Waals surface area contributed by atoms with Gasteiger partial charge in [0.2, 0.25) is 0 Å². The first-order valence-electron chi connectivity index (χ1n) is 5.87. The summed E-state index contributed by atoms with van der Waals surface area (Å²) in [5.74, 6) is -2.15.